The fraction of sp³-hybridized carbons (Fsp3) is 0.750. The summed E-state index contributed by atoms with van der Waals surface area (Å²) in [6, 6.07) is 0. The third-order valence-corrected chi connectivity index (χ3v) is 5.02. The lowest BCUT2D eigenvalue weighted by atomic mass is 10.1. The number of nitrogens with one attached hydrogen (secondary N) is 2. The Bertz CT molecular complexity index is 378. The Kier molecular flexibility index (Phi) is 10.8. The Morgan fingerprint density at radius 3 is 2.91 bits per heavy atom. The molecule has 1 rings (SSSR count). The van der Waals surface area contributed by atoms with Crippen molar-refractivity contribution in [2.45, 2.75) is 12.8 Å². The number of hydrogen-bond donors (Lipinski definition) is 3. The molecule has 124 valence electrons. The van der Waals surface area contributed by atoms with E-state index in [1.165, 1.54) is 11.8 Å². The van der Waals surface area contributed by atoms with Crippen molar-refractivity contribution in [3.63, 3.8) is 0 Å². The molecule has 4 N–H and O–H groups in total. The van der Waals surface area contributed by atoms with Gasteiger partial charge in [0.25, 0.3) is 0 Å². The van der Waals surface area contributed by atoms with Crippen LogP contribution in [0.15, 0.2) is 4.99 Å². The van der Waals surface area contributed by atoms with Gasteiger partial charge in [-0.15, -0.1) is 11.8 Å². The van der Waals surface area contributed by atoms with E-state index in [9.17, 15) is 4.79 Å². The molecule has 0 aromatic heterocycles. The average Bonchev–Trinajstić information content (AvgIpc) is 2.43. The van der Waals surface area contributed by atoms with Gasteiger partial charge in [0, 0.05) is 5.75 Å². The van der Waals surface area contributed by atoms with Crippen molar-refractivity contribution in [2.75, 3.05) is 26.4 Å². The summed E-state index contributed by atoms with van der Waals surface area (Å²) >= 11 is 1.52. The topological polar surface area (TPSA) is 110 Å². The molecular weight excluding hydrogens is 346 g/mol. The van der Waals surface area contributed by atoms with Gasteiger partial charge in [-0.2, -0.15) is 4.99 Å². The van der Waals surface area contributed by atoms with E-state index >= 15 is 0 Å². The molecule has 14 heteroatoms. The van der Waals surface area contributed by atoms with E-state index in [1.807, 2.05) is 14.1 Å². The molecule has 0 radical (unpaired) electrons. The summed E-state index contributed by atoms with van der Waals surface area (Å²) in [4.78, 5) is 24.0. The number of nitrogens with two attached hydrogens (primary N) is 1. The summed E-state index contributed by atoms with van der Waals surface area (Å²) in [5, 5.41) is 0. The van der Waals surface area contributed by atoms with Crippen LogP contribution in [-0.4, -0.2) is 63.8 Å². The molecule has 1 fully saturated rings. The Morgan fingerprint density at radius 1 is 1.59 bits per heavy atom. The summed E-state index contributed by atoms with van der Waals surface area (Å²) in [5.74, 6) is 0.860. The number of hydrogen-bond acceptors (Lipinski definition) is 9. The SMILES string of the molecule is BNPOC(=O)/N=C(/PNB1OC(N)O1)SCCCN(C)C. The Balaban J connectivity index is 2.37. The summed E-state index contributed by atoms with van der Waals surface area (Å²) < 4.78 is 15.0. The molecular formula is C8H21B2N5O4P2S. The van der Waals surface area contributed by atoms with Crippen LogP contribution in [0.25, 0.3) is 0 Å². The fourth-order valence-corrected chi connectivity index (χ4v) is 3.43. The van der Waals surface area contributed by atoms with Gasteiger partial charge in [0.1, 0.15) is 13.7 Å². The summed E-state index contributed by atoms with van der Waals surface area (Å²) in [6.07, 6.45) is -0.294. The number of carbonyl (C=O) groups is 1. The van der Waals surface area contributed by atoms with Crippen LogP contribution in [0.4, 0.5) is 4.79 Å². The summed E-state index contributed by atoms with van der Waals surface area (Å²) in [5.41, 5.74) is 5.34. The van der Waals surface area contributed by atoms with Crippen molar-refractivity contribution in [1.29, 1.82) is 0 Å². The van der Waals surface area contributed by atoms with Gasteiger partial charge in [-0.1, -0.05) is 0 Å². The second-order valence-electron chi connectivity index (χ2n) is 4.38. The van der Waals surface area contributed by atoms with Crippen LogP contribution < -0.4 is 15.7 Å². The second-order valence-corrected chi connectivity index (χ2v) is 7.75. The molecule has 1 amide bonds. The van der Waals surface area contributed by atoms with E-state index in [1.54, 1.807) is 7.98 Å². The lowest BCUT2D eigenvalue weighted by Gasteiger charge is -2.30. The largest absolute Gasteiger partial charge is 0.564 e. The van der Waals surface area contributed by atoms with Crippen molar-refractivity contribution in [3.05, 3.63) is 0 Å². The average molecular weight is 367 g/mol. The number of amides is 1. The third-order valence-electron chi connectivity index (χ3n) is 2.23. The van der Waals surface area contributed by atoms with Crippen molar-refractivity contribution in [1.82, 2.24) is 14.9 Å². The standard InChI is InChI=1S/C8H21B2N5O4P2S/c1-15(2)4-3-5-22-8(12-7(16)19-21-13-9)20-14-10-17-6(11)18-10/h6,13-14,20-21H,3-5,9,11H2,1-2H3/b12-8-. The molecule has 1 saturated heterocycles. The first-order valence-electron chi connectivity index (χ1n) is 6.58. The van der Waals surface area contributed by atoms with E-state index in [4.69, 9.17) is 19.6 Å². The molecule has 22 heavy (non-hydrogen) atoms. The zero-order chi connectivity index (χ0) is 16.4. The molecule has 1 aliphatic heterocycles. The van der Waals surface area contributed by atoms with Crippen molar-refractivity contribution < 1.29 is 18.6 Å². The van der Waals surface area contributed by atoms with E-state index < -0.39 is 19.8 Å². The van der Waals surface area contributed by atoms with Gasteiger partial charge in [-0.05, 0) is 35.8 Å². The van der Waals surface area contributed by atoms with Crippen molar-refractivity contribution in [2.24, 2.45) is 10.7 Å². The van der Waals surface area contributed by atoms with Gasteiger partial charge in [0.05, 0.1) is 0 Å². The molecule has 0 aromatic carbocycles. The van der Waals surface area contributed by atoms with E-state index in [0.717, 1.165) is 18.7 Å². The minimum atomic E-state index is -0.683. The lowest BCUT2D eigenvalue weighted by Crippen LogP contribution is -2.56. The molecule has 0 bridgehead atoms. The molecule has 0 saturated carbocycles. The van der Waals surface area contributed by atoms with Crippen LogP contribution in [-0.2, 0) is 13.8 Å². The maximum atomic E-state index is 11.6. The van der Waals surface area contributed by atoms with Gasteiger partial charge in [-0.25, -0.2) is 4.79 Å². The van der Waals surface area contributed by atoms with Gasteiger partial charge < -0.3 is 23.7 Å². The zero-order valence-electron chi connectivity index (χ0n) is 12.8. The van der Waals surface area contributed by atoms with Gasteiger partial charge >= 0.3 is 13.3 Å². The quantitative estimate of drug-likeness (QED) is 0.160. The highest BCUT2D eigenvalue weighted by atomic mass is 32.2. The molecule has 0 aromatic rings. The minimum absolute atomic E-state index is 0.0807. The van der Waals surface area contributed by atoms with E-state index in [0.29, 0.717) is 4.78 Å². The van der Waals surface area contributed by atoms with Crippen LogP contribution >= 0.6 is 29.5 Å². The summed E-state index contributed by atoms with van der Waals surface area (Å²) in [7, 11) is 5.17. The van der Waals surface area contributed by atoms with Crippen molar-refractivity contribution >= 4 is 55.6 Å². The van der Waals surface area contributed by atoms with E-state index in [2.05, 4.69) is 19.9 Å². The first-order chi connectivity index (χ1) is 10.5. The van der Waals surface area contributed by atoms with Crippen LogP contribution in [0, 0.1) is 0 Å². The van der Waals surface area contributed by atoms with E-state index in [-0.39, 0.29) is 17.7 Å². The molecule has 1 aliphatic rings. The monoisotopic (exact) mass is 367 g/mol. The van der Waals surface area contributed by atoms with Gasteiger partial charge in [0.2, 0.25) is 0 Å². The highest BCUT2D eigenvalue weighted by molar-refractivity contribution is 8.23. The first kappa shape index (κ1) is 20.3. The number of thioether (sulfide) groups is 1. The molecule has 0 spiro atoms. The van der Waals surface area contributed by atoms with Crippen LogP contribution in [0.3, 0.4) is 0 Å². The number of aliphatic imine (C=N–C) groups is 1. The van der Waals surface area contributed by atoms with Gasteiger partial charge in [0.15, 0.2) is 14.4 Å². The predicted molar refractivity (Wildman–Crippen MR) is 96.9 cm³/mol. The highest BCUT2D eigenvalue weighted by Crippen LogP contribution is 2.24. The smallest absolute Gasteiger partial charge is 0.415 e. The van der Waals surface area contributed by atoms with Crippen molar-refractivity contribution in [3.8, 4) is 0 Å². The van der Waals surface area contributed by atoms with Crippen LogP contribution in [0.2, 0.25) is 0 Å². The molecule has 1 heterocycles. The molecule has 0 aliphatic carbocycles. The number of carbonyl (C=O) groups excluding carboxylic acids is 1. The number of nitrogens with zero attached hydrogens (tertiary/aromatic N) is 2. The number of rotatable bonds is 9. The molecule has 2 atom stereocenters. The zero-order valence-corrected chi connectivity index (χ0v) is 15.6. The third kappa shape index (κ3) is 9.39. The van der Waals surface area contributed by atoms with Gasteiger partial charge in [-0.3, -0.25) is 10.7 Å². The molecule has 9 nitrogen and oxygen atoms in total. The Hall–Kier alpha value is 0.240. The van der Waals surface area contributed by atoms with Crippen LogP contribution in [0.5, 0.6) is 0 Å². The Labute approximate surface area is 139 Å². The maximum absolute atomic E-state index is 11.6. The minimum Gasteiger partial charge on any atom is -0.415 e. The highest BCUT2D eigenvalue weighted by Gasteiger charge is 2.34. The van der Waals surface area contributed by atoms with Crippen LogP contribution in [0.1, 0.15) is 6.42 Å². The Morgan fingerprint density at radius 2 is 2.32 bits per heavy atom. The normalized spacial score (nSPS) is 17.1. The maximum Gasteiger partial charge on any atom is 0.564 e. The summed E-state index contributed by atoms with van der Waals surface area (Å²) in [6.45, 7) is 0.978. The first-order valence-corrected chi connectivity index (χ1v) is 9.47. The second kappa shape index (κ2) is 11.7. The predicted octanol–water partition coefficient (Wildman–Crippen LogP) is -0.733. The molecule has 2 unspecified atom stereocenters. The lowest BCUT2D eigenvalue weighted by molar-refractivity contribution is -0.110. The fourth-order valence-electron chi connectivity index (χ4n) is 1.29.